The largest absolute Gasteiger partial charge is 0.491 e. The van der Waals surface area contributed by atoms with Crippen molar-refractivity contribution < 1.29 is 61.9 Å². The van der Waals surface area contributed by atoms with E-state index in [1.54, 1.807) is 69.3 Å². The van der Waals surface area contributed by atoms with Gasteiger partial charge in [-0.05, 0) is 126 Å². The number of nitrogens with zero attached hydrogens (tertiary/aromatic N) is 1. The van der Waals surface area contributed by atoms with Crippen LogP contribution in [0.2, 0.25) is 0 Å². The number of nitrogens with one attached hydrogen (secondary N) is 2. The molecule has 0 radical (unpaired) electrons. The summed E-state index contributed by atoms with van der Waals surface area (Å²) < 4.78 is 54.6. The van der Waals surface area contributed by atoms with E-state index < -0.39 is 28.3 Å². The van der Waals surface area contributed by atoms with Gasteiger partial charge in [-0.1, -0.05) is 0 Å². The maximum absolute atomic E-state index is 11.5. The molecule has 0 unspecified atom stereocenters. The van der Waals surface area contributed by atoms with Gasteiger partial charge in [-0.25, -0.2) is 9.59 Å². The summed E-state index contributed by atoms with van der Waals surface area (Å²) in [7, 11) is 0. The van der Waals surface area contributed by atoms with Crippen molar-refractivity contribution >= 4 is 23.6 Å². The number of amides is 2. The predicted octanol–water partition coefficient (Wildman–Crippen LogP) is 8.32. The Balaban J connectivity index is 0.000000341. The van der Waals surface area contributed by atoms with Crippen molar-refractivity contribution in [2.45, 2.75) is 52.7 Å². The molecule has 0 atom stereocenters. The van der Waals surface area contributed by atoms with Gasteiger partial charge in [-0.2, -0.15) is 0 Å². The lowest BCUT2D eigenvalue weighted by Crippen LogP contribution is -2.34. The molecule has 0 aliphatic rings. The van der Waals surface area contributed by atoms with Gasteiger partial charge in [0.1, 0.15) is 58.9 Å². The van der Waals surface area contributed by atoms with Crippen molar-refractivity contribution in [2.75, 3.05) is 84.9 Å². The second-order valence-corrected chi connectivity index (χ2v) is 15.5. The summed E-state index contributed by atoms with van der Waals surface area (Å²) in [6.07, 6.45) is -0.917. The van der Waals surface area contributed by atoms with Gasteiger partial charge in [0.25, 0.3) is 5.69 Å². The number of alkyl carbamates (subject to hydrolysis) is 2. The molecule has 4 aromatic carbocycles. The van der Waals surface area contributed by atoms with E-state index in [1.165, 1.54) is 12.1 Å². The van der Waals surface area contributed by atoms with Crippen molar-refractivity contribution in [1.29, 1.82) is 0 Å². The Kier molecular flexibility index (Phi) is 23.1. The summed E-state index contributed by atoms with van der Waals surface area (Å²) in [5.74, 6) is 3.93. The number of nitro groups is 1. The zero-order valence-electron chi connectivity index (χ0n) is 37.5. The molecule has 0 aromatic heterocycles. The molecule has 350 valence electrons. The van der Waals surface area contributed by atoms with Crippen LogP contribution in [0.4, 0.5) is 21.0 Å². The van der Waals surface area contributed by atoms with Gasteiger partial charge in [0, 0.05) is 30.9 Å². The van der Waals surface area contributed by atoms with Crippen LogP contribution in [0.5, 0.6) is 34.5 Å². The number of benzene rings is 4. The van der Waals surface area contributed by atoms with Crippen LogP contribution in [-0.2, 0) is 28.4 Å². The average Bonchev–Trinajstić information content (AvgIpc) is 3.23. The number of hydrogen-bond acceptors (Lipinski definition) is 15. The highest BCUT2D eigenvalue weighted by Gasteiger charge is 2.16. The van der Waals surface area contributed by atoms with Crippen molar-refractivity contribution in [3.63, 3.8) is 0 Å². The normalized spacial score (nSPS) is 11.0. The summed E-state index contributed by atoms with van der Waals surface area (Å²) in [6, 6.07) is 27.5. The summed E-state index contributed by atoms with van der Waals surface area (Å²) >= 11 is 0. The lowest BCUT2D eigenvalue weighted by molar-refractivity contribution is -0.384. The topological polar surface area (TPSA) is 220 Å². The first-order valence-electron chi connectivity index (χ1n) is 20.7. The van der Waals surface area contributed by atoms with E-state index in [-0.39, 0.29) is 5.69 Å². The molecule has 4 rings (SSSR count). The fourth-order valence-electron chi connectivity index (χ4n) is 4.81. The van der Waals surface area contributed by atoms with Gasteiger partial charge in [-0.3, -0.25) is 10.1 Å². The van der Waals surface area contributed by atoms with Crippen LogP contribution in [0.1, 0.15) is 41.5 Å². The van der Waals surface area contributed by atoms with Crippen molar-refractivity contribution in [3.05, 3.63) is 107 Å². The molecule has 0 bridgehead atoms. The summed E-state index contributed by atoms with van der Waals surface area (Å²) in [4.78, 5) is 33.1. The highest BCUT2D eigenvalue weighted by Crippen LogP contribution is 2.26. The van der Waals surface area contributed by atoms with E-state index in [0.717, 1.165) is 11.5 Å². The molecule has 0 heterocycles. The highest BCUT2D eigenvalue weighted by molar-refractivity contribution is 5.68. The van der Waals surface area contributed by atoms with E-state index >= 15 is 0 Å². The summed E-state index contributed by atoms with van der Waals surface area (Å²) in [5.41, 5.74) is 5.34. The van der Waals surface area contributed by atoms with Crippen LogP contribution in [0, 0.1) is 10.1 Å². The molecule has 0 saturated carbocycles. The molecule has 64 heavy (non-hydrogen) atoms. The maximum Gasteiger partial charge on any atom is 0.407 e. The van der Waals surface area contributed by atoms with Gasteiger partial charge in [0.15, 0.2) is 0 Å². The second kappa shape index (κ2) is 28.4. The maximum atomic E-state index is 11.5. The first kappa shape index (κ1) is 52.0. The Labute approximate surface area is 374 Å². The van der Waals surface area contributed by atoms with Crippen LogP contribution in [0.3, 0.4) is 0 Å². The predicted molar refractivity (Wildman–Crippen MR) is 240 cm³/mol. The minimum absolute atomic E-state index is 0.00934. The van der Waals surface area contributed by atoms with Crippen LogP contribution < -0.4 is 35.3 Å². The fourth-order valence-corrected chi connectivity index (χ4v) is 4.81. The molecule has 0 spiro atoms. The van der Waals surface area contributed by atoms with E-state index in [1.807, 2.05) is 57.2 Å². The third-order valence-electron chi connectivity index (χ3n) is 7.61. The van der Waals surface area contributed by atoms with Crippen LogP contribution in [0.25, 0.3) is 0 Å². The Hall–Kier alpha value is -6.34. The van der Waals surface area contributed by atoms with Gasteiger partial charge in [-0.15, -0.1) is 0 Å². The molecule has 4 aromatic rings. The van der Waals surface area contributed by atoms with E-state index in [0.29, 0.717) is 108 Å². The number of rotatable bonds is 25. The third kappa shape index (κ3) is 24.9. The smallest absolute Gasteiger partial charge is 0.407 e. The molecule has 2 amide bonds. The fraction of sp³-hybridized carbons (Fsp3) is 0.435. The first-order chi connectivity index (χ1) is 30.5. The Morgan fingerprint density at radius 1 is 0.484 bits per heavy atom. The standard InChI is InChI=1S/C23H30N2O8.C23H32N2O6/c1-23(2,3)33-22(26)24-12-13-29-14-15-30-16-17-31-19-8-10-21(11-9-19)32-20-6-4-18(5-7-20)25(27)28;1-23(2,3)31-22(26)25-12-13-27-14-15-28-16-17-29-19-8-10-21(11-9-19)30-20-6-4-18(24)5-7-20/h4-11H,12-17H2,1-3H3,(H,24,26);4-11H,12-17,24H2,1-3H3,(H,25,26). The quantitative estimate of drug-likeness (QED) is 0.0246. The van der Waals surface area contributed by atoms with E-state index in [4.69, 9.17) is 53.1 Å². The summed E-state index contributed by atoms with van der Waals surface area (Å²) in [6.45, 7) is 15.7. The third-order valence-corrected chi connectivity index (χ3v) is 7.61. The number of non-ortho nitro benzene ring substituents is 1. The van der Waals surface area contributed by atoms with E-state index in [2.05, 4.69) is 10.6 Å². The molecule has 4 N–H and O–H groups in total. The number of nitrogens with two attached hydrogens (primary N) is 1. The van der Waals surface area contributed by atoms with Crippen molar-refractivity contribution in [1.82, 2.24) is 10.6 Å². The van der Waals surface area contributed by atoms with Crippen molar-refractivity contribution in [2.24, 2.45) is 0 Å². The molecule has 0 saturated heterocycles. The summed E-state index contributed by atoms with van der Waals surface area (Å²) in [5, 5.41) is 15.9. The Morgan fingerprint density at radius 2 is 0.781 bits per heavy atom. The monoisotopic (exact) mass is 894 g/mol. The lowest BCUT2D eigenvalue weighted by Gasteiger charge is -2.19. The molecule has 0 aliphatic heterocycles. The number of ether oxygens (including phenoxy) is 10. The number of anilines is 1. The zero-order chi connectivity index (χ0) is 46.6. The van der Waals surface area contributed by atoms with Gasteiger partial charge < -0.3 is 63.7 Å². The molecule has 0 aliphatic carbocycles. The number of hydrogen-bond donors (Lipinski definition) is 3. The number of carbonyl (C=O) groups is 2. The SMILES string of the molecule is CC(C)(C)OC(=O)NCCOCCOCCOc1ccc(Oc2ccc(N)cc2)cc1.CC(C)(C)OC(=O)NCCOCCOCCOc1ccc(Oc2ccc([N+](=O)[O-])cc2)cc1. The first-order valence-corrected chi connectivity index (χ1v) is 20.7. The second-order valence-electron chi connectivity index (χ2n) is 15.5. The van der Waals surface area contributed by atoms with Crippen molar-refractivity contribution in [3.8, 4) is 34.5 Å². The number of nitrogen functional groups attached to an aromatic ring is 1. The Bertz CT molecular complexity index is 1920. The Morgan fingerprint density at radius 3 is 1.12 bits per heavy atom. The zero-order valence-corrected chi connectivity index (χ0v) is 37.5. The molecule has 0 fully saturated rings. The van der Waals surface area contributed by atoms with Crippen LogP contribution in [0.15, 0.2) is 97.1 Å². The van der Waals surface area contributed by atoms with Gasteiger partial charge in [0.05, 0.1) is 57.8 Å². The molecule has 18 nitrogen and oxygen atoms in total. The van der Waals surface area contributed by atoms with Gasteiger partial charge in [0.2, 0.25) is 0 Å². The van der Waals surface area contributed by atoms with E-state index in [9.17, 15) is 19.7 Å². The molecular weight excluding hydrogens is 833 g/mol. The number of carbonyl (C=O) groups excluding carboxylic acids is 2. The molecular formula is C46H62N4O14. The highest BCUT2D eigenvalue weighted by atomic mass is 16.6. The lowest BCUT2D eigenvalue weighted by atomic mass is 10.2. The molecule has 18 heteroatoms. The van der Waals surface area contributed by atoms with Crippen LogP contribution in [-0.4, -0.2) is 107 Å². The van der Waals surface area contributed by atoms with Crippen LogP contribution >= 0.6 is 0 Å². The average molecular weight is 895 g/mol. The minimum Gasteiger partial charge on any atom is -0.491 e. The number of nitro benzene ring substituents is 1. The minimum atomic E-state index is -0.522. The van der Waals surface area contributed by atoms with Gasteiger partial charge >= 0.3 is 12.2 Å².